The number of carbonyl (C=O) groups is 1. The average Bonchev–Trinajstić information content (AvgIpc) is 3.05. The molecule has 2 aromatic heterocycles. The lowest BCUT2D eigenvalue weighted by atomic mass is 10.0. The molecule has 0 saturated carbocycles. The molecule has 2 rings (SSSR count). The van der Waals surface area contributed by atoms with E-state index in [4.69, 9.17) is 4.74 Å². The fourth-order valence-corrected chi connectivity index (χ4v) is 2.04. The zero-order valence-electron chi connectivity index (χ0n) is 14.6. The van der Waals surface area contributed by atoms with Crippen LogP contribution in [0.2, 0.25) is 0 Å². The molecule has 0 radical (unpaired) electrons. The molecule has 7 heteroatoms. The molecule has 24 heavy (non-hydrogen) atoms. The first-order chi connectivity index (χ1) is 11.5. The van der Waals surface area contributed by atoms with Crippen molar-refractivity contribution in [1.82, 2.24) is 25.3 Å². The van der Waals surface area contributed by atoms with Gasteiger partial charge in [0.1, 0.15) is 0 Å². The van der Waals surface area contributed by atoms with Crippen LogP contribution in [-0.4, -0.2) is 38.5 Å². The van der Waals surface area contributed by atoms with Gasteiger partial charge in [0, 0.05) is 12.3 Å². The van der Waals surface area contributed by atoms with Crippen molar-refractivity contribution < 1.29 is 9.53 Å². The van der Waals surface area contributed by atoms with Crippen LogP contribution in [0.3, 0.4) is 0 Å². The number of nitrogens with zero attached hydrogens (tertiary/aromatic N) is 4. The van der Waals surface area contributed by atoms with Gasteiger partial charge in [0.25, 0.3) is 5.91 Å². The molecule has 1 N–H and O–H groups in total. The summed E-state index contributed by atoms with van der Waals surface area (Å²) in [5.74, 6) is 1.05. The van der Waals surface area contributed by atoms with Crippen molar-refractivity contribution in [2.75, 3.05) is 6.61 Å². The van der Waals surface area contributed by atoms with Crippen LogP contribution in [0.25, 0.3) is 0 Å². The Kier molecular flexibility index (Phi) is 6.28. The molecule has 2 heterocycles. The van der Waals surface area contributed by atoms with E-state index in [1.54, 1.807) is 29.3 Å². The number of aromatic nitrogens is 4. The summed E-state index contributed by atoms with van der Waals surface area (Å²) in [4.78, 5) is 18.2. The van der Waals surface area contributed by atoms with Crippen LogP contribution in [0.15, 0.2) is 30.7 Å². The first-order valence-corrected chi connectivity index (χ1v) is 8.19. The van der Waals surface area contributed by atoms with Gasteiger partial charge in [-0.3, -0.25) is 4.79 Å². The molecule has 0 saturated heterocycles. The fraction of sp³-hybridized carbons (Fsp3) is 0.529. The molecule has 1 atom stereocenters. The molecular formula is C17H25N5O2. The van der Waals surface area contributed by atoms with Gasteiger partial charge in [-0.1, -0.05) is 27.7 Å². The summed E-state index contributed by atoms with van der Waals surface area (Å²) in [6.45, 7) is 9.38. The van der Waals surface area contributed by atoms with E-state index < -0.39 is 0 Å². The summed E-state index contributed by atoms with van der Waals surface area (Å²) >= 11 is 0. The van der Waals surface area contributed by atoms with Crippen molar-refractivity contribution in [1.29, 1.82) is 0 Å². The lowest BCUT2D eigenvalue weighted by Gasteiger charge is -2.21. The summed E-state index contributed by atoms with van der Waals surface area (Å²) in [6, 6.07) is 3.37. The maximum Gasteiger partial charge on any atom is 0.253 e. The van der Waals surface area contributed by atoms with Crippen LogP contribution >= 0.6 is 0 Å². The van der Waals surface area contributed by atoms with Gasteiger partial charge in [-0.15, -0.1) is 0 Å². The molecule has 0 bridgehead atoms. The van der Waals surface area contributed by atoms with Gasteiger partial charge in [-0.25, -0.2) is 4.98 Å². The standard InChI is InChI=1S/C17H25N5O2/c1-12(2)11-24-16-6-5-14(9-18-16)17(23)21-15(13(3)4)10-22-19-7-8-20-22/h5-9,12-13,15H,10-11H2,1-4H3,(H,21,23). The Hall–Kier alpha value is -2.44. The number of amides is 1. The van der Waals surface area contributed by atoms with E-state index in [0.29, 0.717) is 30.5 Å². The molecule has 0 fully saturated rings. The fourth-order valence-electron chi connectivity index (χ4n) is 2.04. The van der Waals surface area contributed by atoms with Crippen LogP contribution in [0.5, 0.6) is 5.88 Å². The van der Waals surface area contributed by atoms with Crippen LogP contribution < -0.4 is 10.1 Å². The molecule has 0 aliphatic heterocycles. The minimum atomic E-state index is -0.163. The average molecular weight is 331 g/mol. The lowest BCUT2D eigenvalue weighted by molar-refractivity contribution is 0.0917. The first-order valence-electron chi connectivity index (χ1n) is 8.19. The number of pyridine rings is 1. The monoisotopic (exact) mass is 331 g/mol. The summed E-state index contributed by atoms with van der Waals surface area (Å²) in [5, 5.41) is 11.2. The molecule has 0 aliphatic rings. The number of rotatable bonds is 8. The summed E-state index contributed by atoms with van der Waals surface area (Å²) in [5.41, 5.74) is 0.506. The van der Waals surface area contributed by atoms with Gasteiger partial charge in [0.15, 0.2) is 0 Å². The molecule has 2 aromatic rings. The smallest absolute Gasteiger partial charge is 0.253 e. The van der Waals surface area contributed by atoms with Crippen molar-refractivity contribution in [2.24, 2.45) is 11.8 Å². The van der Waals surface area contributed by atoms with Gasteiger partial charge in [-0.05, 0) is 17.9 Å². The van der Waals surface area contributed by atoms with Gasteiger partial charge >= 0.3 is 0 Å². The van der Waals surface area contributed by atoms with E-state index >= 15 is 0 Å². The normalized spacial score (nSPS) is 12.4. The van der Waals surface area contributed by atoms with Crippen LogP contribution in [0, 0.1) is 11.8 Å². The summed E-state index contributed by atoms with van der Waals surface area (Å²) in [7, 11) is 0. The van der Waals surface area contributed by atoms with Crippen molar-refractivity contribution in [2.45, 2.75) is 40.3 Å². The van der Waals surface area contributed by atoms with E-state index in [1.165, 1.54) is 6.20 Å². The second-order valence-corrected chi connectivity index (χ2v) is 6.50. The molecule has 0 aromatic carbocycles. The number of hydrogen-bond donors (Lipinski definition) is 1. The van der Waals surface area contributed by atoms with Crippen LogP contribution in [-0.2, 0) is 6.54 Å². The van der Waals surface area contributed by atoms with Gasteiger partial charge in [0.05, 0.1) is 37.2 Å². The number of nitrogens with one attached hydrogen (secondary N) is 1. The Morgan fingerprint density at radius 2 is 1.92 bits per heavy atom. The van der Waals surface area contributed by atoms with Crippen LogP contribution in [0.4, 0.5) is 0 Å². The Morgan fingerprint density at radius 1 is 1.21 bits per heavy atom. The SMILES string of the molecule is CC(C)COc1ccc(C(=O)NC(Cn2nccn2)C(C)C)cn1. The zero-order valence-corrected chi connectivity index (χ0v) is 14.6. The topological polar surface area (TPSA) is 81.9 Å². The Bertz CT molecular complexity index is 623. The van der Waals surface area contributed by atoms with Crippen molar-refractivity contribution >= 4 is 5.91 Å². The molecular weight excluding hydrogens is 306 g/mol. The van der Waals surface area contributed by atoms with E-state index in [-0.39, 0.29) is 17.9 Å². The van der Waals surface area contributed by atoms with E-state index in [9.17, 15) is 4.79 Å². The Balaban J connectivity index is 1.96. The molecule has 130 valence electrons. The lowest BCUT2D eigenvalue weighted by Crippen LogP contribution is -2.42. The minimum Gasteiger partial charge on any atom is -0.477 e. The van der Waals surface area contributed by atoms with Crippen LogP contribution in [0.1, 0.15) is 38.1 Å². The van der Waals surface area contributed by atoms with Crippen molar-refractivity contribution in [3.05, 3.63) is 36.3 Å². The third-order valence-electron chi connectivity index (χ3n) is 3.51. The highest BCUT2D eigenvalue weighted by atomic mass is 16.5. The molecule has 0 spiro atoms. The molecule has 1 amide bonds. The minimum absolute atomic E-state index is 0.0678. The second kappa shape index (κ2) is 8.42. The number of carbonyl (C=O) groups excluding carboxylic acids is 1. The maximum absolute atomic E-state index is 12.4. The number of hydrogen-bond acceptors (Lipinski definition) is 5. The quantitative estimate of drug-likeness (QED) is 0.801. The largest absolute Gasteiger partial charge is 0.477 e. The van der Waals surface area contributed by atoms with Gasteiger partial charge in [-0.2, -0.15) is 15.0 Å². The number of ether oxygens (including phenoxy) is 1. The van der Waals surface area contributed by atoms with Gasteiger partial charge < -0.3 is 10.1 Å². The van der Waals surface area contributed by atoms with E-state index in [2.05, 4.69) is 48.2 Å². The predicted molar refractivity (Wildman–Crippen MR) is 90.7 cm³/mol. The Morgan fingerprint density at radius 3 is 2.46 bits per heavy atom. The summed E-state index contributed by atoms with van der Waals surface area (Å²) in [6.07, 6.45) is 4.78. The second-order valence-electron chi connectivity index (χ2n) is 6.50. The Labute approximate surface area is 142 Å². The zero-order chi connectivity index (χ0) is 17.5. The van der Waals surface area contributed by atoms with E-state index in [0.717, 1.165) is 0 Å². The molecule has 7 nitrogen and oxygen atoms in total. The highest BCUT2D eigenvalue weighted by molar-refractivity contribution is 5.94. The third-order valence-corrected chi connectivity index (χ3v) is 3.51. The van der Waals surface area contributed by atoms with Crippen molar-refractivity contribution in [3.63, 3.8) is 0 Å². The highest BCUT2D eigenvalue weighted by Crippen LogP contribution is 2.10. The first kappa shape index (κ1) is 17.9. The highest BCUT2D eigenvalue weighted by Gasteiger charge is 2.18. The van der Waals surface area contributed by atoms with E-state index in [1.807, 2.05) is 0 Å². The molecule has 0 aliphatic carbocycles. The molecule has 1 unspecified atom stereocenters. The summed E-state index contributed by atoms with van der Waals surface area (Å²) < 4.78 is 5.53. The van der Waals surface area contributed by atoms with Gasteiger partial charge in [0.2, 0.25) is 5.88 Å². The maximum atomic E-state index is 12.4. The van der Waals surface area contributed by atoms with Crippen molar-refractivity contribution in [3.8, 4) is 5.88 Å². The third kappa shape index (κ3) is 5.33. The predicted octanol–water partition coefficient (Wildman–Crippen LogP) is 2.16.